The lowest BCUT2D eigenvalue weighted by molar-refractivity contribution is -0.275. The van der Waals surface area contributed by atoms with Crippen LogP contribution in [0.25, 0.3) is 11.1 Å². The largest absolute Gasteiger partial charge is 0.573 e. The van der Waals surface area contributed by atoms with E-state index in [1.807, 2.05) is 0 Å². The zero-order valence-electron chi connectivity index (χ0n) is 19.0. The number of aliphatic carboxylic acids is 1. The summed E-state index contributed by atoms with van der Waals surface area (Å²) in [6, 6.07) is 3.34. The number of pyridine rings is 1. The van der Waals surface area contributed by atoms with Gasteiger partial charge in [0.05, 0.1) is 16.2 Å². The number of alkyl halides is 6. The van der Waals surface area contributed by atoms with Crippen LogP contribution in [0.15, 0.2) is 46.2 Å². The SMILES string of the molecule is Cc1c(Cc2c(F)cccc2C(F)(F)F)c2n(c(=O)c1-c1cccc(OC(F)(F)F)c1F)C(C(=O)O)CS2. The number of rotatable bonds is 5. The zero-order valence-corrected chi connectivity index (χ0v) is 19.8. The van der Waals surface area contributed by atoms with Crippen molar-refractivity contribution < 1.29 is 49.8 Å². The smallest absolute Gasteiger partial charge is 0.480 e. The van der Waals surface area contributed by atoms with Gasteiger partial charge in [0, 0.05) is 23.3 Å². The number of carboxylic acid groups (broad SMARTS) is 1. The van der Waals surface area contributed by atoms with Gasteiger partial charge in [-0.05, 0) is 36.2 Å². The molecule has 1 atom stereocenters. The third-order valence-corrected chi connectivity index (χ3v) is 7.15. The van der Waals surface area contributed by atoms with Crippen molar-refractivity contribution in [1.29, 1.82) is 0 Å². The molecule has 4 rings (SSSR count). The number of nitrogens with zero attached hydrogens (tertiary/aromatic N) is 1. The van der Waals surface area contributed by atoms with Crippen LogP contribution in [0.3, 0.4) is 0 Å². The predicted molar refractivity (Wildman–Crippen MR) is 119 cm³/mol. The van der Waals surface area contributed by atoms with Crippen LogP contribution in [0.1, 0.15) is 28.3 Å². The fraction of sp³-hybridized carbons (Fsp3) is 0.250. The van der Waals surface area contributed by atoms with Crippen molar-refractivity contribution in [2.75, 3.05) is 5.75 Å². The number of hydrogen-bond donors (Lipinski definition) is 1. The van der Waals surface area contributed by atoms with Crippen molar-refractivity contribution in [3.8, 4) is 16.9 Å². The standard InChI is InChI=1S/C24H15F8NO4S/c1-10-12(8-13-14(23(27,28)29)5-3-6-15(13)25)21-33(16(9-38-21)22(35)36)20(34)18(10)11-4-2-7-17(19(11)26)37-24(30,31)32/h2-7,16H,8-9H2,1H3,(H,35,36). The molecule has 3 aromatic rings. The molecule has 1 aliphatic rings. The molecule has 14 heteroatoms. The third-order valence-electron chi connectivity index (χ3n) is 5.95. The van der Waals surface area contributed by atoms with Gasteiger partial charge in [-0.25, -0.2) is 13.6 Å². The number of halogens is 8. The van der Waals surface area contributed by atoms with Crippen molar-refractivity contribution >= 4 is 17.7 Å². The first-order valence-corrected chi connectivity index (χ1v) is 11.6. The minimum absolute atomic E-state index is 0.0665. The number of hydrogen-bond acceptors (Lipinski definition) is 4. The Labute approximate surface area is 212 Å². The molecular weight excluding hydrogens is 550 g/mol. The second-order valence-electron chi connectivity index (χ2n) is 8.23. The zero-order chi connectivity index (χ0) is 28.2. The van der Waals surface area contributed by atoms with Crippen LogP contribution < -0.4 is 10.3 Å². The normalized spacial score (nSPS) is 15.4. The van der Waals surface area contributed by atoms with E-state index in [0.29, 0.717) is 12.1 Å². The molecule has 202 valence electrons. The van der Waals surface area contributed by atoms with E-state index >= 15 is 4.39 Å². The van der Waals surface area contributed by atoms with Crippen molar-refractivity contribution in [1.82, 2.24) is 4.57 Å². The van der Waals surface area contributed by atoms with Crippen molar-refractivity contribution in [3.05, 3.63) is 80.6 Å². The predicted octanol–water partition coefficient (Wildman–Crippen LogP) is 6.34. The highest BCUT2D eigenvalue weighted by molar-refractivity contribution is 7.99. The molecule has 2 aromatic carbocycles. The highest BCUT2D eigenvalue weighted by Gasteiger charge is 2.38. The molecule has 5 nitrogen and oxygen atoms in total. The Hall–Kier alpha value is -3.55. The summed E-state index contributed by atoms with van der Waals surface area (Å²) < 4.78 is 114. The maximum Gasteiger partial charge on any atom is 0.573 e. The number of carboxylic acids is 1. The monoisotopic (exact) mass is 565 g/mol. The Kier molecular flexibility index (Phi) is 6.97. The van der Waals surface area contributed by atoms with Gasteiger partial charge < -0.3 is 9.84 Å². The number of ether oxygens (including phenoxy) is 1. The van der Waals surface area contributed by atoms with Gasteiger partial charge in [-0.3, -0.25) is 9.36 Å². The fourth-order valence-electron chi connectivity index (χ4n) is 4.30. The molecule has 1 unspecified atom stereocenters. The lowest BCUT2D eigenvalue weighted by Gasteiger charge is -2.21. The number of thioether (sulfide) groups is 1. The number of aromatic nitrogens is 1. The van der Waals surface area contributed by atoms with Gasteiger partial charge in [-0.2, -0.15) is 13.2 Å². The lowest BCUT2D eigenvalue weighted by Crippen LogP contribution is -2.31. The van der Waals surface area contributed by atoms with E-state index in [9.17, 15) is 45.4 Å². The van der Waals surface area contributed by atoms with Crippen LogP contribution in [0, 0.1) is 18.6 Å². The first-order chi connectivity index (χ1) is 17.6. The summed E-state index contributed by atoms with van der Waals surface area (Å²) in [5.74, 6) is -5.80. The van der Waals surface area contributed by atoms with Gasteiger partial charge in [0.2, 0.25) is 0 Å². The molecular formula is C24H15F8NO4S. The second-order valence-corrected chi connectivity index (χ2v) is 9.24. The molecule has 1 aliphatic heterocycles. The molecule has 0 radical (unpaired) electrons. The van der Waals surface area contributed by atoms with Crippen LogP contribution in [0.5, 0.6) is 5.75 Å². The van der Waals surface area contributed by atoms with Crippen molar-refractivity contribution in [2.45, 2.75) is 37.0 Å². The summed E-state index contributed by atoms with van der Waals surface area (Å²) >= 11 is 0.828. The minimum atomic E-state index is -5.28. The van der Waals surface area contributed by atoms with Gasteiger partial charge in [0.25, 0.3) is 5.56 Å². The topological polar surface area (TPSA) is 68.5 Å². The second kappa shape index (κ2) is 9.64. The van der Waals surface area contributed by atoms with E-state index in [4.69, 9.17) is 0 Å². The summed E-state index contributed by atoms with van der Waals surface area (Å²) in [5, 5.41) is 9.55. The molecule has 0 fully saturated rings. The number of benzene rings is 2. The van der Waals surface area contributed by atoms with Crippen LogP contribution in [0.2, 0.25) is 0 Å². The maximum atomic E-state index is 15.2. The quantitative estimate of drug-likeness (QED) is 0.366. The van der Waals surface area contributed by atoms with E-state index in [0.717, 1.165) is 40.6 Å². The van der Waals surface area contributed by atoms with Gasteiger partial charge in [-0.15, -0.1) is 24.9 Å². The fourth-order valence-corrected chi connectivity index (χ4v) is 5.65. The molecule has 0 saturated heterocycles. The summed E-state index contributed by atoms with van der Waals surface area (Å²) in [6.07, 6.45) is -11.0. The Balaban J connectivity index is 2.03. The third kappa shape index (κ3) is 4.96. The number of fused-ring (bicyclic) bond motifs is 1. The summed E-state index contributed by atoms with van der Waals surface area (Å²) in [7, 11) is 0. The highest BCUT2D eigenvalue weighted by atomic mass is 32.2. The first-order valence-electron chi connectivity index (χ1n) is 10.6. The summed E-state index contributed by atoms with van der Waals surface area (Å²) in [4.78, 5) is 25.3. The average molecular weight is 565 g/mol. The Morgan fingerprint density at radius 3 is 2.34 bits per heavy atom. The Morgan fingerprint density at radius 2 is 1.74 bits per heavy atom. The lowest BCUT2D eigenvalue weighted by atomic mass is 9.92. The van der Waals surface area contributed by atoms with Crippen LogP contribution in [-0.4, -0.2) is 27.8 Å². The first kappa shape index (κ1) is 27.5. The van der Waals surface area contributed by atoms with Crippen LogP contribution >= 0.6 is 11.8 Å². The minimum Gasteiger partial charge on any atom is -0.480 e. The number of carbonyl (C=O) groups is 1. The van der Waals surface area contributed by atoms with E-state index in [-0.39, 0.29) is 21.9 Å². The molecule has 0 bridgehead atoms. The van der Waals surface area contributed by atoms with Gasteiger partial charge >= 0.3 is 18.5 Å². The molecule has 1 aromatic heterocycles. The molecule has 0 saturated carbocycles. The molecule has 0 spiro atoms. The average Bonchev–Trinajstić information content (AvgIpc) is 3.24. The molecule has 0 aliphatic carbocycles. The van der Waals surface area contributed by atoms with E-state index in [1.165, 1.54) is 6.92 Å². The van der Waals surface area contributed by atoms with Crippen molar-refractivity contribution in [3.63, 3.8) is 0 Å². The summed E-state index contributed by atoms with van der Waals surface area (Å²) in [5.41, 5.74) is -4.75. The molecule has 0 amide bonds. The highest BCUT2D eigenvalue weighted by Crippen LogP contribution is 2.42. The van der Waals surface area contributed by atoms with E-state index in [2.05, 4.69) is 4.74 Å². The Bertz CT molecular complexity index is 1500. The van der Waals surface area contributed by atoms with Gasteiger partial charge in [-0.1, -0.05) is 18.2 Å². The van der Waals surface area contributed by atoms with E-state index < -0.39 is 76.2 Å². The van der Waals surface area contributed by atoms with Crippen molar-refractivity contribution in [2.24, 2.45) is 0 Å². The Morgan fingerprint density at radius 1 is 1.08 bits per heavy atom. The van der Waals surface area contributed by atoms with Crippen LogP contribution in [-0.2, 0) is 17.4 Å². The van der Waals surface area contributed by atoms with Gasteiger partial charge in [0.1, 0.15) is 11.9 Å². The van der Waals surface area contributed by atoms with E-state index in [1.54, 1.807) is 0 Å². The van der Waals surface area contributed by atoms with Crippen LogP contribution in [0.4, 0.5) is 35.1 Å². The summed E-state index contributed by atoms with van der Waals surface area (Å²) in [6.45, 7) is 1.21. The maximum absolute atomic E-state index is 15.2. The van der Waals surface area contributed by atoms with Gasteiger partial charge in [0.15, 0.2) is 11.6 Å². The molecule has 1 N–H and O–H groups in total. The molecule has 2 heterocycles. The molecule has 38 heavy (non-hydrogen) atoms.